The van der Waals surface area contributed by atoms with Gasteiger partial charge in [0.15, 0.2) is 0 Å². The maximum Gasteiger partial charge on any atom is 0.411 e. The summed E-state index contributed by atoms with van der Waals surface area (Å²) in [7, 11) is 0. The van der Waals surface area contributed by atoms with Gasteiger partial charge in [-0.3, -0.25) is 5.32 Å². The van der Waals surface area contributed by atoms with Gasteiger partial charge < -0.3 is 14.8 Å². The number of hydrogen-bond acceptors (Lipinski definition) is 5. The molecule has 0 saturated carbocycles. The highest BCUT2D eigenvalue weighted by Crippen LogP contribution is 2.20. The zero-order valence-corrected chi connectivity index (χ0v) is 14.4. The van der Waals surface area contributed by atoms with Crippen molar-refractivity contribution in [2.45, 2.75) is 20.4 Å². The number of benzene rings is 2. The second kappa shape index (κ2) is 9.32. The molecule has 2 N–H and O–H groups in total. The van der Waals surface area contributed by atoms with E-state index in [0.717, 1.165) is 5.56 Å². The van der Waals surface area contributed by atoms with Crippen LogP contribution in [0.4, 0.5) is 16.2 Å². The van der Waals surface area contributed by atoms with E-state index in [4.69, 9.17) is 9.47 Å². The van der Waals surface area contributed by atoms with Gasteiger partial charge in [-0.05, 0) is 37.6 Å². The third-order valence-electron chi connectivity index (χ3n) is 3.42. The van der Waals surface area contributed by atoms with E-state index >= 15 is 0 Å². The molecule has 6 nitrogen and oxygen atoms in total. The summed E-state index contributed by atoms with van der Waals surface area (Å²) in [4.78, 5) is 23.7. The van der Waals surface area contributed by atoms with Gasteiger partial charge in [-0.1, -0.05) is 30.3 Å². The fraction of sp³-hybridized carbons (Fsp3) is 0.263. The fourth-order valence-electron chi connectivity index (χ4n) is 2.29. The Kier molecular flexibility index (Phi) is 6.83. The van der Waals surface area contributed by atoms with Gasteiger partial charge in [0.25, 0.3) is 0 Å². The van der Waals surface area contributed by atoms with Gasteiger partial charge in [0.1, 0.15) is 0 Å². The zero-order chi connectivity index (χ0) is 18.1. The van der Waals surface area contributed by atoms with Crippen LogP contribution in [0.1, 0.15) is 29.8 Å². The van der Waals surface area contributed by atoms with Gasteiger partial charge in [-0.15, -0.1) is 0 Å². The highest BCUT2D eigenvalue weighted by Gasteiger charge is 2.12. The number of ether oxygens (including phenoxy) is 2. The lowest BCUT2D eigenvalue weighted by Crippen LogP contribution is -2.15. The van der Waals surface area contributed by atoms with Crippen molar-refractivity contribution >= 4 is 23.4 Å². The lowest BCUT2D eigenvalue weighted by Gasteiger charge is -2.14. The Hall–Kier alpha value is -3.02. The van der Waals surface area contributed by atoms with Gasteiger partial charge in [0.05, 0.1) is 18.8 Å². The second-order valence-corrected chi connectivity index (χ2v) is 5.12. The fourth-order valence-corrected chi connectivity index (χ4v) is 2.29. The average Bonchev–Trinajstić information content (AvgIpc) is 2.61. The van der Waals surface area contributed by atoms with Gasteiger partial charge in [-0.25, -0.2) is 9.59 Å². The lowest BCUT2D eigenvalue weighted by molar-refractivity contribution is 0.0527. The molecular weight excluding hydrogens is 320 g/mol. The highest BCUT2D eigenvalue weighted by atomic mass is 16.5. The quantitative estimate of drug-likeness (QED) is 0.743. The van der Waals surface area contributed by atoms with Crippen LogP contribution in [0.5, 0.6) is 0 Å². The molecule has 0 radical (unpaired) electrons. The summed E-state index contributed by atoms with van der Waals surface area (Å²) in [5, 5.41) is 5.93. The number of nitrogens with one attached hydrogen (secondary N) is 2. The monoisotopic (exact) mass is 342 g/mol. The van der Waals surface area contributed by atoms with E-state index in [1.807, 2.05) is 30.3 Å². The topological polar surface area (TPSA) is 76.7 Å². The van der Waals surface area contributed by atoms with E-state index in [0.29, 0.717) is 36.7 Å². The molecule has 6 heteroatoms. The van der Waals surface area contributed by atoms with Crippen LogP contribution in [-0.4, -0.2) is 25.3 Å². The molecule has 0 aromatic heterocycles. The first-order valence-corrected chi connectivity index (χ1v) is 8.17. The summed E-state index contributed by atoms with van der Waals surface area (Å²) in [5.41, 5.74) is 2.67. The van der Waals surface area contributed by atoms with Crippen LogP contribution in [0.3, 0.4) is 0 Å². The van der Waals surface area contributed by atoms with Crippen LogP contribution in [-0.2, 0) is 16.0 Å². The van der Waals surface area contributed by atoms with Crippen molar-refractivity contribution in [3.05, 3.63) is 59.7 Å². The Bertz CT molecular complexity index is 731. The molecular formula is C19H22N2O4. The molecule has 132 valence electrons. The van der Waals surface area contributed by atoms with Gasteiger partial charge in [-0.2, -0.15) is 0 Å². The van der Waals surface area contributed by atoms with Crippen LogP contribution in [0.2, 0.25) is 0 Å². The van der Waals surface area contributed by atoms with E-state index in [9.17, 15) is 9.59 Å². The van der Waals surface area contributed by atoms with Crippen LogP contribution in [0, 0.1) is 0 Å². The van der Waals surface area contributed by atoms with Crippen molar-refractivity contribution in [2.75, 3.05) is 23.8 Å². The summed E-state index contributed by atoms with van der Waals surface area (Å²) in [6, 6.07) is 14.5. The molecule has 2 rings (SSSR count). The summed E-state index contributed by atoms with van der Waals surface area (Å²) in [5.74, 6) is -0.372. The maximum atomic E-state index is 12.0. The number of esters is 1. The Morgan fingerprint density at radius 2 is 1.52 bits per heavy atom. The summed E-state index contributed by atoms with van der Waals surface area (Å²) in [6.45, 7) is 4.57. The number of carbonyl (C=O) groups is 2. The Balaban J connectivity index is 2.12. The average molecular weight is 342 g/mol. The minimum absolute atomic E-state index is 0.305. The molecule has 0 fully saturated rings. The third-order valence-corrected chi connectivity index (χ3v) is 3.42. The Morgan fingerprint density at radius 1 is 0.880 bits per heavy atom. The summed E-state index contributed by atoms with van der Waals surface area (Å²) in [6.07, 6.45) is -0.498. The predicted octanol–water partition coefficient (Wildman–Crippen LogP) is 4.04. The molecule has 25 heavy (non-hydrogen) atoms. The normalized spacial score (nSPS) is 10.0. The minimum atomic E-state index is -0.498. The molecule has 0 heterocycles. The number of amides is 1. The van der Waals surface area contributed by atoms with Crippen molar-refractivity contribution in [3.63, 3.8) is 0 Å². The highest BCUT2D eigenvalue weighted by molar-refractivity contribution is 5.95. The van der Waals surface area contributed by atoms with Crippen molar-refractivity contribution in [1.82, 2.24) is 0 Å². The molecule has 2 aromatic rings. The molecule has 0 atom stereocenters. The number of para-hydroxylation sites is 2. The molecule has 0 unspecified atom stereocenters. The SMILES string of the molecule is CCOC(=O)Nc1ccccc1CNc1ccccc1C(=O)OCC. The van der Waals surface area contributed by atoms with E-state index in [-0.39, 0.29) is 5.97 Å². The third kappa shape index (κ3) is 5.24. The van der Waals surface area contributed by atoms with Gasteiger partial charge in [0, 0.05) is 17.9 Å². The van der Waals surface area contributed by atoms with Gasteiger partial charge >= 0.3 is 12.1 Å². The molecule has 0 aliphatic rings. The summed E-state index contributed by atoms with van der Waals surface area (Å²) >= 11 is 0. The van der Waals surface area contributed by atoms with Crippen LogP contribution >= 0.6 is 0 Å². The number of carbonyl (C=O) groups excluding carboxylic acids is 2. The van der Waals surface area contributed by atoms with Crippen molar-refractivity contribution in [1.29, 1.82) is 0 Å². The van der Waals surface area contributed by atoms with Gasteiger partial charge in [0.2, 0.25) is 0 Å². The maximum absolute atomic E-state index is 12.0. The number of rotatable bonds is 7. The van der Waals surface area contributed by atoms with Crippen LogP contribution < -0.4 is 10.6 Å². The molecule has 0 saturated heterocycles. The van der Waals surface area contributed by atoms with E-state index in [1.165, 1.54) is 0 Å². The first-order valence-electron chi connectivity index (χ1n) is 8.17. The summed E-state index contributed by atoms with van der Waals surface area (Å²) < 4.78 is 9.98. The standard InChI is InChI=1S/C19H22N2O4/c1-3-24-18(22)15-10-6-8-12-17(15)20-13-14-9-5-7-11-16(14)21-19(23)25-4-2/h5-12,20H,3-4,13H2,1-2H3,(H,21,23). The van der Waals surface area contributed by atoms with Crippen molar-refractivity contribution < 1.29 is 19.1 Å². The van der Waals surface area contributed by atoms with Crippen LogP contribution in [0.25, 0.3) is 0 Å². The van der Waals surface area contributed by atoms with Crippen LogP contribution in [0.15, 0.2) is 48.5 Å². The smallest absolute Gasteiger partial charge is 0.411 e. The van der Waals surface area contributed by atoms with E-state index in [2.05, 4.69) is 10.6 Å². The van der Waals surface area contributed by atoms with E-state index in [1.54, 1.807) is 32.0 Å². The molecule has 0 bridgehead atoms. The first-order chi connectivity index (χ1) is 12.2. The Labute approximate surface area is 147 Å². The molecule has 0 aliphatic heterocycles. The Morgan fingerprint density at radius 3 is 2.24 bits per heavy atom. The number of anilines is 2. The molecule has 1 amide bonds. The molecule has 0 aliphatic carbocycles. The van der Waals surface area contributed by atoms with Crippen molar-refractivity contribution in [2.24, 2.45) is 0 Å². The molecule has 2 aromatic carbocycles. The van der Waals surface area contributed by atoms with Crippen molar-refractivity contribution in [3.8, 4) is 0 Å². The van der Waals surface area contributed by atoms with E-state index < -0.39 is 6.09 Å². The zero-order valence-electron chi connectivity index (χ0n) is 14.4. The second-order valence-electron chi connectivity index (χ2n) is 5.12. The molecule has 0 spiro atoms. The first kappa shape index (κ1) is 18.3. The largest absolute Gasteiger partial charge is 0.462 e. The predicted molar refractivity (Wildman–Crippen MR) is 96.8 cm³/mol. The minimum Gasteiger partial charge on any atom is -0.462 e. The number of hydrogen-bond donors (Lipinski definition) is 2. The lowest BCUT2D eigenvalue weighted by atomic mass is 10.1.